The molecule has 0 spiro atoms. The summed E-state index contributed by atoms with van der Waals surface area (Å²) < 4.78 is 0. The molecule has 4 heteroatoms. The van der Waals surface area contributed by atoms with Crippen molar-refractivity contribution in [3.63, 3.8) is 0 Å². The zero-order chi connectivity index (χ0) is 11.4. The van der Waals surface area contributed by atoms with Gasteiger partial charge in [0, 0.05) is 18.8 Å². The topological polar surface area (TPSA) is 27.6 Å². The van der Waals surface area contributed by atoms with Gasteiger partial charge in [-0.15, -0.1) is 0 Å². The molecule has 3 nitrogen and oxygen atoms in total. The Bertz CT molecular complexity index is 247. The van der Waals surface area contributed by atoms with E-state index in [0.29, 0.717) is 12.0 Å². The fraction of sp³-hybridized carbons (Fsp3) is 0.917. The molecule has 1 saturated heterocycles. The zero-order valence-corrected chi connectivity index (χ0v) is 11.2. The third-order valence-electron chi connectivity index (χ3n) is 3.31. The molecule has 0 bridgehead atoms. The minimum absolute atomic E-state index is 0.522. The van der Waals surface area contributed by atoms with Crippen molar-refractivity contribution in [1.82, 2.24) is 10.4 Å². The highest BCUT2D eigenvalue weighted by atomic mass is 32.2. The number of hydrogen-bond acceptors (Lipinski definition) is 4. The highest BCUT2D eigenvalue weighted by Crippen LogP contribution is 2.22. The van der Waals surface area contributed by atoms with E-state index in [1.807, 2.05) is 11.8 Å². The van der Waals surface area contributed by atoms with Crippen molar-refractivity contribution in [3.8, 4) is 0 Å². The van der Waals surface area contributed by atoms with Crippen LogP contribution in [0.15, 0.2) is 4.99 Å². The molecule has 0 aromatic heterocycles. The summed E-state index contributed by atoms with van der Waals surface area (Å²) in [6, 6.07) is 0.522. The molecule has 0 aliphatic carbocycles. The number of nitrogens with one attached hydrogen (secondary N) is 1. The summed E-state index contributed by atoms with van der Waals surface area (Å²) >= 11 is 1.88. The maximum absolute atomic E-state index is 4.80. The van der Waals surface area contributed by atoms with E-state index in [4.69, 9.17) is 4.99 Å². The van der Waals surface area contributed by atoms with Crippen molar-refractivity contribution in [2.45, 2.75) is 45.6 Å². The number of hydrazine groups is 1. The lowest BCUT2D eigenvalue weighted by atomic mass is 10.0. The molecule has 0 aromatic carbocycles. The van der Waals surface area contributed by atoms with Crippen LogP contribution in [0.1, 0.15) is 39.5 Å². The SMILES string of the molecule is CC(C)C1CCSC(NN2CCCCC2)=N1. The van der Waals surface area contributed by atoms with Crippen molar-refractivity contribution >= 4 is 16.9 Å². The van der Waals surface area contributed by atoms with Crippen LogP contribution >= 0.6 is 11.8 Å². The Labute approximate surface area is 103 Å². The number of aliphatic imine (C=N–C) groups is 1. The van der Waals surface area contributed by atoms with Crippen LogP contribution in [-0.4, -0.2) is 35.1 Å². The van der Waals surface area contributed by atoms with Gasteiger partial charge in [-0.05, 0) is 25.2 Å². The summed E-state index contributed by atoms with van der Waals surface area (Å²) in [5, 5.41) is 3.48. The molecule has 2 aliphatic heterocycles. The minimum Gasteiger partial charge on any atom is -0.298 e. The lowest BCUT2D eigenvalue weighted by Gasteiger charge is -2.30. The zero-order valence-electron chi connectivity index (χ0n) is 10.4. The van der Waals surface area contributed by atoms with Gasteiger partial charge >= 0.3 is 0 Å². The van der Waals surface area contributed by atoms with Gasteiger partial charge in [0.15, 0.2) is 5.17 Å². The lowest BCUT2D eigenvalue weighted by molar-refractivity contribution is 0.195. The number of hydrogen-bond donors (Lipinski definition) is 1. The first kappa shape index (κ1) is 12.2. The third kappa shape index (κ3) is 3.39. The van der Waals surface area contributed by atoms with Crippen LogP contribution in [0, 0.1) is 5.92 Å². The van der Waals surface area contributed by atoms with Crippen molar-refractivity contribution in [3.05, 3.63) is 0 Å². The van der Waals surface area contributed by atoms with E-state index in [-0.39, 0.29) is 0 Å². The number of piperidine rings is 1. The molecular formula is C12H23N3S. The van der Waals surface area contributed by atoms with Gasteiger partial charge in [0.25, 0.3) is 0 Å². The van der Waals surface area contributed by atoms with Crippen LogP contribution in [0.5, 0.6) is 0 Å². The van der Waals surface area contributed by atoms with Crippen molar-refractivity contribution in [2.24, 2.45) is 10.9 Å². The Hall–Kier alpha value is -0.220. The molecule has 16 heavy (non-hydrogen) atoms. The van der Waals surface area contributed by atoms with Gasteiger partial charge < -0.3 is 0 Å². The molecule has 0 aromatic rings. The quantitative estimate of drug-likeness (QED) is 0.805. The van der Waals surface area contributed by atoms with Crippen molar-refractivity contribution in [2.75, 3.05) is 18.8 Å². The van der Waals surface area contributed by atoms with E-state index < -0.39 is 0 Å². The summed E-state index contributed by atoms with van der Waals surface area (Å²) in [5.74, 6) is 1.88. The molecule has 1 atom stereocenters. The molecule has 2 aliphatic rings. The molecule has 0 radical (unpaired) electrons. The molecule has 0 amide bonds. The molecule has 1 unspecified atom stereocenters. The highest BCUT2D eigenvalue weighted by molar-refractivity contribution is 8.13. The first-order valence-corrected chi connectivity index (χ1v) is 7.46. The molecule has 1 fully saturated rings. The van der Waals surface area contributed by atoms with Crippen LogP contribution in [-0.2, 0) is 0 Å². The van der Waals surface area contributed by atoms with E-state index in [9.17, 15) is 0 Å². The van der Waals surface area contributed by atoms with Crippen LogP contribution in [0.3, 0.4) is 0 Å². The summed E-state index contributed by atoms with van der Waals surface area (Å²) in [7, 11) is 0. The second kappa shape index (κ2) is 5.92. The number of amidine groups is 1. The van der Waals surface area contributed by atoms with Gasteiger partial charge in [-0.2, -0.15) is 0 Å². The normalized spacial score (nSPS) is 27.9. The Balaban J connectivity index is 1.87. The fourth-order valence-corrected chi connectivity index (χ4v) is 3.17. The summed E-state index contributed by atoms with van der Waals surface area (Å²) in [5.41, 5.74) is 3.49. The Morgan fingerprint density at radius 3 is 2.75 bits per heavy atom. The maximum atomic E-state index is 4.80. The monoisotopic (exact) mass is 241 g/mol. The Kier molecular flexibility index (Phi) is 4.53. The summed E-state index contributed by atoms with van der Waals surface area (Å²) in [6.45, 7) is 6.88. The van der Waals surface area contributed by atoms with Crippen molar-refractivity contribution < 1.29 is 0 Å². The van der Waals surface area contributed by atoms with Gasteiger partial charge in [-0.3, -0.25) is 10.4 Å². The largest absolute Gasteiger partial charge is 0.298 e. The van der Waals surface area contributed by atoms with Gasteiger partial charge in [-0.1, -0.05) is 32.0 Å². The first-order chi connectivity index (χ1) is 7.75. The van der Waals surface area contributed by atoms with Crippen molar-refractivity contribution in [1.29, 1.82) is 0 Å². The number of thioether (sulfide) groups is 1. The average Bonchev–Trinajstić information content (AvgIpc) is 2.30. The van der Waals surface area contributed by atoms with Crippen LogP contribution in [0.4, 0.5) is 0 Å². The van der Waals surface area contributed by atoms with Gasteiger partial charge in [0.2, 0.25) is 0 Å². The Morgan fingerprint density at radius 1 is 1.31 bits per heavy atom. The smallest absolute Gasteiger partial charge is 0.171 e. The van der Waals surface area contributed by atoms with Gasteiger partial charge in [0.1, 0.15) is 0 Å². The first-order valence-electron chi connectivity index (χ1n) is 6.48. The van der Waals surface area contributed by atoms with Gasteiger partial charge in [0.05, 0.1) is 6.04 Å². The van der Waals surface area contributed by atoms with E-state index in [1.54, 1.807) is 0 Å². The maximum Gasteiger partial charge on any atom is 0.171 e. The van der Waals surface area contributed by atoms with E-state index in [0.717, 1.165) is 5.17 Å². The second-order valence-electron chi connectivity index (χ2n) is 5.04. The van der Waals surface area contributed by atoms with Gasteiger partial charge in [-0.25, -0.2) is 5.01 Å². The molecule has 2 rings (SSSR count). The lowest BCUT2D eigenvalue weighted by Crippen LogP contribution is -2.45. The predicted molar refractivity (Wildman–Crippen MR) is 71.7 cm³/mol. The Morgan fingerprint density at radius 2 is 2.06 bits per heavy atom. The molecule has 92 valence electrons. The summed E-state index contributed by atoms with van der Waals surface area (Å²) in [6.07, 6.45) is 5.25. The van der Waals surface area contributed by atoms with E-state index in [2.05, 4.69) is 24.3 Å². The highest BCUT2D eigenvalue weighted by Gasteiger charge is 2.20. The number of nitrogens with zero attached hydrogens (tertiary/aromatic N) is 2. The molecule has 1 N–H and O–H groups in total. The van der Waals surface area contributed by atoms with Crippen LogP contribution in [0.25, 0.3) is 0 Å². The van der Waals surface area contributed by atoms with Crippen LogP contribution < -0.4 is 5.43 Å². The molecule has 0 saturated carbocycles. The fourth-order valence-electron chi connectivity index (χ4n) is 2.21. The third-order valence-corrected chi connectivity index (χ3v) is 4.22. The standard InChI is InChI=1S/C12H23N3S/c1-10(2)11-6-9-16-12(13-11)14-15-7-4-3-5-8-15/h10-11H,3-9H2,1-2H3,(H,13,14). The minimum atomic E-state index is 0.522. The second-order valence-corrected chi connectivity index (χ2v) is 6.13. The van der Waals surface area contributed by atoms with E-state index in [1.165, 1.54) is 44.5 Å². The number of rotatable bonds is 2. The summed E-state index contributed by atoms with van der Waals surface area (Å²) in [4.78, 5) is 4.80. The average molecular weight is 241 g/mol. The molecule has 2 heterocycles. The predicted octanol–water partition coefficient (Wildman–Crippen LogP) is 2.49. The molecular weight excluding hydrogens is 218 g/mol. The van der Waals surface area contributed by atoms with Crippen LogP contribution in [0.2, 0.25) is 0 Å². The van der Waals surface area contributed by atoms with E-state index >= 15 is 0 Å².